The Morgan fingerprint density at radius 3 is 2.17 bits per heavy atom. The van der Waals surface area contributed by atoms with Gasteiger partial charge < -0.3 is 0 Å². The van der Waals surface area contributed by atoms with E-state index in [0.29, 0.717) is 0 Å². The fourth-order valence-corrected chi connectivity index (χ4v) is 3.66. The van der Waals surface area contributed by atoms with Crippen molar-refractivity contribution in [3.8, 4) is 0 Å². The summed E-state index contributed by atoms with van der Waals surface area (Å²) in [5.41, 5.74) is 7.50. The lowest BCUT2D eigenvalue weighted by Gasteiger charge is -2.42. The fraction of sp³-hybridized carbons (Fsp3) is 0.391. The van der Waals surface area contributed by atoms with E-state index >= 15 is 0 Å². The summed E-state index contributed by atoms with van der Waals surface area (Å²) >= 11 is 0. The van der Waals surface area contributed by atoms with Gasteiger partial charge in [0.2, 0.25) is 0 Å². The Hall–Kier alpha value is -1.82. The predicted molar refractivity (Wildman–Crippen MR) is 101 cm³/mol. The van der Waals surface area contributed by atoms with E-state index in [0.717, 1.165) is 0 Å². The van der Waals surface area contributed by atoms with Crippen molar-refractivity contribution >= 4 is 11.6 Å². The van der Waals surface area contributed by atoms with Crippen molar-refractivity contribution < 1.29 is 0 Å². The van der Waals surface area contributed by atoms with E-state index in [1.807, 2.05) is 12.1 Å². The molecule has 0 saturated heterocycles. The summed E-state index contributed by atoms with van der Waals surface area (Å²) in [5, 5.41) is 0. The molecule has 0 aliphatic heterocycles. The van der Waals surface area contributed by atoms with E-state index in [2.05, 4.69) is 77.1 Å². The molecule has 0 saturated carbocycles. The number of hydrogen-bond donors (Lipinski definition) is 0. The Morgan fingerprint density at radius 2 is 1.52 bits per heavy atom. The zero-order chi connectivity index (χ0) is 16.7. The van der Waals surface area contributed by atoms with Gasteiger partial charge in [0, 0.05) is 0 Å². The maximum Gasteiger partial charge on any atom is -0.0100 e. The lowest BCUT2D eigenvalue weighted by molar-refractivity contribution is 0.332. The van der Waals surface area contributed by atoms with Crippen molar-refractivity contribution in [1.29, 1.82) is 0 Å². The molecule has 1 aliphatic carbocycles. The van der Waals surface area contributed by atoms with Crippen molar-refractivity contribution in [2.24, 2.45) is 0 Å². The second kappa shape index (κ2) is 5.67. The highest BCUT2D eigenvalue weighted by molar-refractivity contribution is 5.80. The molecule has 1 radical (unpaired) electrons. The zero-order valence-electron chi connectivity index (χ0n) is 15.0. The normalized spacial score (nSPS) is 19.3. The summed E-state index contributed by atoms with van der Waals surface area (Å²) in [6.07, 6.45) is 4.78. The van der Waals surface area contributed by atoms with Crippen molar-refractivity contribution in [3.05, 3.63) is 70.8 Å². The Kier molecular flexibility index (Phi) is 3.96. The second-order valence-corrected chi connectivity index (χ2v) is 8.19. The van der Waals surface area contributed by atoms with Crippen LogP contribution < -0.4 is 0 Å². The van der Waals surface area contributed by atoms with Crippen LogP contribution in [0.1, 0.15) is 69.7 Å². The molecule has 0 bridgehead atoms. The van der Waals surface area contributed by atoms with Gasteiger partial charge in [-0.05, 0) is 64.5 Å². The summed E-state index contributed by atoms with van der Waals surface area (Å²) in [4.78, 5) is 0. The van der Waals surface area contributed by atoms with Crippen LogP contribution in [0.4, 0.5) is 0 Å². The van der Waals surface area contributed by atoms with E-state index < -0.39 is 0 Å². The van der Waals surface area contributed by atoms with Crippen LogP contribution in [0, 0.1) is 6.07 Å². The highest BCUT2D eigenvalue weighted by Gasteiger charge is 2.36. The first-order chi connectivity index (χ1) is 10.8. The first kappa shape index (κ1) is 16.1. The Labute approximate surface area is 141 Å². The monoisotopic (exact) mass is 303 g/mol. The molecule has 0 atom stereocenters. The summed E-state index contributed by atoms with van der Waals surface area (Å²) in [6.45, 7) is 11.7. The SMILES string of the molecule is C/C(=C\c1cc[c]cc1)c1ccc2c(c1)C(C)(C)CCC2(C)C. The van der Waals surface area contributed by atoms with Gasteiger partial charge in [0.1, 0.15) is 0 Å². The second-order valence-electron chi connectivity index (χ2n) is 8.19. The predicted octanol–water partition coefficient (Wildman–Crippen LogP) is 6.40. The molecule has 119 valence electrons. The minimum Gasteiger partial charge on any atom is -0.0576 e. The fourth-order valence-electron chi connectivity index (χ4n) is 3.66. The lowest BCUT2D eigenvalue weighted by Crippen LogP contribution is -2.33. The van der Waals surface area contributed by atoms with Crippen LogP contribution >= 0.6 is 0 Å². The molecule has 1 aliphatic rings. The van der Waals surface area contributed by atoms with Gasteiger partial charge in [0.25, 0.3) is 0 Å². The van der Waals surface area contributed by atoms with Gasteiger partial charge in [-0.1, -0.05) is 76.2 Å². The van der Waals surface area contributed by atoms with Gasteiger partial charge in [-0.25, -0.2) is 0 Å². The molecular formula is C23H27. The van der Waals surface area contributed by atoms with Gasteiger partial charge in [0.05, 0.1) is 0 Å². The Balaban J connectivity index is 2.05. The van der Waals surface area contributed by atoms with Gasteiger partial charge in [-0.2, -0.15) is 0 Å². The molecule has 0 spiro atoms. The van der Waals surface area contributed by atoms with E-state index in [4.69, 9.17) is 0 Å². The van der Waals surface area contributed by atoms with Gasteiger partial charge in [-0.15, -0.1) is 0 Å². The number of rotatable bonds is 2. The lowest BCUT2D eigenvalue weighted by atomic mass is 9.63. The van der Waals surface area contributed by atoms with Crippen LogP contribution in [0.3, 0.4) is 0 Å². The van der Waals surface area contributed by atoms with E-state index in [1.54, 1.807) is 0 Å². The van der Waals surface area contributed by atoms with Crippen LogP contribution in [-0.4, -0.2) is 0 Å². The first-order valence-electron chi connectivity index (χ1n) is 8.59. The summed E-state index contributed by atoms with van der Waals surface area (Å²) in [7, 11) is 0. The van der Waals surface area contributed by atoms with Crippen molar-refractivity contribution in [2.45, 2.75) is 58.3 Å². The molecule has 0 unspecified atom stereocenters. The van der Waals surface area contributed by atoms with E-state index in [1.165, 1.54) is 40.7 Å². The summed E-state index contributed by atoms with van der Waals surface area (Å²) in [5.74, 6) is 0. The largest absolute Gasteiger partial charge is 0.0576 e. The third kappa shape index (κ3) is 3.13. The van der Waals surface area contributed by atoms with Crippen LogP contribution in [0.25, 0.3) is 11.6 Å². The first-order valence-corrected chi connectivity index (χ1v) is 8.59. The Morgan fingerprint density at radius 1 is 0.913 bits per heavy atom. The van der Waals surface area contributed by atoms with E-state index in [9.17, 15) is 0 Å². The molecule has 2 aromatic rings. The molecule has 0 fully saturated rings. The zero-order valence-corrected chi connectivity index (χ0v) is 15.0. The highest BCUT2D eigenvalue weighted by atomic mass is 14.4. The standard InChI is InChI=1S/C23H27/c1-17(15-18-9-7-6-8-10-18)19-11-12-20-21(16-19)23(4,5)14-13-22(20,2)3/h7-12,15-16H,13-14H2,1-5H3/b17-15+. The highest BCUT2D eigenvalue weighted by Crippen LogP contribution is 2.46. The quantitative estimate of drug-likeness (QED) is 0.563. The van der Waals surface area contributed by atoms with Gasteiger partial charge in [-0.3, -0.25) is 0 Å². The minimum atomic E-state index is 0.267. The smallest absolute Gasteiger partial charge is 0.0100 e. The Bertz CT molecular complexity index is 730. The molecule has 0 N–H and O–H groups in total. The minimum absolute atomic E-state index is 0.267. The van der Waals surface area contributed by atoms with Crippen LogP contribution in [0.15, 0.2) is 42.5 Å². The van der Waals surface area contributed by atoms with E-state index in [-0.39, 0.29) is 10.8 Å². The van der Waals surface area contributed by atoms with Crippen LogP contribution in [-0.2, 0) is 10.8 Å². The molecule has 2 aromatic carbocycles. The number of fused-ring (bicyclic) bond motifs is 1. The summed E-state index contributed by atoms with van der Waals surface area (Å²) < 4.78 is 0. The van der Waals surface area contributed by atoms with Crippen molar-refractivity contribution in [2.75, 3.05) is 0 Å². The molecule has 0 nitrogen and oxygen atoms in total. The molecule has 0 amide bonds. The number of allylic oxidation sites excluding steroid dienone is 1. The maximum atomic E-state index is 3.08. The van der Waals surface area contributed by atoms with Crippen molar-refractivity contribution in [1.82, 2.24) is 0 Å². The molecular weight excluding hydrogens is 276 g/mol. The maximum absolute atomic E-state index is 3.08. The molecule has 3 rings (SSSR count). The summed E-state index contributed by atoms with van der Waals surface area (Å²) in [6, 6.07) is 18.3. The third-order valence-electron chi connectivity index (χ3n) is 5.44. The topological polar surface area (TPSA) is 0 Å². The van der Waals surface area contributed by atoms with Gasteiger partial charge >= 0.3 is 0 Å². The molecule has 0 heteroatoms. The van der Waals surface area contributed by atoms with Gasteiger partial charge in [0.15, 0.2) is 0 Å². The number of benzene rings is 2. The van der Waals surface area contributed by atoms with Crippen LogP contribution in [0.5, 0.6) is 0 Å². The molecule has 23 heavy (non-hydrogen) atoms. The molecule has 0 heterocycles. The number of hydrogen-bond acceptors (Lipinski definition) is 0. The average Bonchev–Trinajstić information content (AvgIpc) is 2.52. The van der Waals surface area contributed by atoms with Crippen LogP contribution in [0.2, 0.25) is 0 Å². The molecule has 0 aromatic heterocycles. The average molecular weight is 303 g/mol. The van der Waals surface area contributed by atoms with Crippen molar-refractivity contribution in [3.63, 3.8) is 0 Å². The third-order valence-corrected chi connectivity index (χ3v) is 5.44.